The lowest BCUT2D eigenvalue weighted by molar-refractivity contribution is -0.136. The van der Waals surface area contributed by atoms with E-state index >= 15 is 0 Å². The number of piperazine rings is 1. The predicted molar refractivity (Wildman–Crippen MR) is 85.6 cm³/mol. The largest absolute Gasteiger partial charge is 0.353 e. The number of nitrogens with two attached hydrogens (primary N) is 1. The minimum absolute atomic E-state index is 0.0371. The van der Waals surface area contributed by atoms with E-state index in [2.05, 4.69) is 14.9 Å². The Morgan fingerprint density at radius 1 is 1.18 bits per heavy atom. The third-order valence-electron chi connectivity index (χ3n) is 4.75. The number of hydrogen-bond acceptors (Lipinski definition) is 5. The monoisotopic (exact) mass is 303 g/mol. The van der Waals surface area contributed by atoms with Crippen molar-refractivity contribution in [2.75, 3.05) is 31.1 Å². The summed E-state index contributed by atoms with van der Waals surface area (Å²) in [5.41, 5.74) is 7.05. The number of rotatable bonds is 2. The van der Waals surface area contributed by atoms with Gasteiger partial charge in [-0.25, -0.2) is 9.97 Å². The summed E-state index contributed by atoms with van der Waals surface area (Å²) in [6.45, 7) is 7.05. The molecular weight excluding hydrogens is 278 g/mol. The second kappa shape index (κ2) is 6.20. The van der Waals surface area contributed by atoms with Crippen molar-refractivity contribution >= 4 is 11.7 Å². The fourth-order valence-corrected chi connectivity index (χ4v) is 3.55. The van der Waals surface area contributed by atoms with Crippen molar-refractivity contribution in [3.63, 3.8) is 0 Å². The third kappa shape index (κ3) is 3.06. The van der Waals surface area contributed by atoms with E-state index in [1.54, 1.807) is 0 Å². The van der Waals surface area contributed by atoms with Crippen molar-refractivity contribution < 1.29 is 4.79 Å². The molecule has 1 aromatic heterocycles. The lowest BCUT2D eigenvalue weighted by Crippen LogP contribution is -2.52. The molecule has 2 heterocycles. The van der Waals surface area contributed by atoms with E-state index in [0.29, 0.717) is 0 Å². The fraction of sp³-hybridized carbons (Fsp3) is 0.688. The van der Waals surface area contributed by atoms with E-state index in [9.17, 15) is 4.79 Å². The van der Waals surface area contributed by atoms with E-state index in [-0.39, 0.29) is 17.9 Å². The molecule has 6 heteroatoms. The molecule has 0 bridgehead atoms. The van der Waals surface area contributed by atoms with Gasteiger partial charge >= 0.3 is 0 Å². The molecule has 1 saturated carbocycles. The molecule has 2 aliphatic rings. The van der Waals surface area contributed by atoms with Gasteiger partial charge in [0.2, 0.25) is 5.91 Å². The zero-order valence-electron chi connectivity index (χ0n) is 13.5. The summed E-state index contributed by atoms with van der Waals surface area (Å²) in [7, 11) is 0. The molecular formula is C16H25N5O. The number of nitrogens with zero attached hydrogens (tertiary/aromatic N) is 4. The summed E-state index contributed by atoms with van der Waals surface area (Å²) in [4.78, 5) is 25.6. The molecule has 1 saturated heterocycles. The Hall–Kier alpha value is -1.69. The van der Waals surface area contributed by atoms with Gasteiger partial charge in [0, 0.05) is 44.0 Å². The van der Waals surface area contributed by atoms with E-state index in [4.69, 9.17) is 5.73 Å². The Balaban J connectivity index is 1.61. The van der Waals surface area contributed by atoms with Gasteiger partial charge in [0.15, 0.2) is 0 Å². The van der Waals surface area contributed by atoms with Crippen LogP contribution in [0.15, 0.2) is 6.07 Å². The SMILES string of the molecule is Cc1cc(N2CCN(C(=O)[C@@H]3CCC[C@@H]3N)CC2)nc(C)n1. The highest BCUT2D eigenvalue weighted by molar-refractivity contribution is 5.80. The maximum Gasteiger partial charge on any atom is 0.227 e. The lowest BCUT2D eigenvalue weighted by atomic mass is 10.0. The van der Waals surface area contributed by atoms with Crippen LogP contribution in [0.25, 0.3) is 0 Å². The quantitative estimate of drug-likeness (QED) is 0.877. The van der Waals surface area contributed by atoms with Crippen LogP contribution < -0.4 is 10.6 Å². The second-order valence-corrected chi connectivity index (χ2v) is 6.43. The van der Waals surface area contributed by atoms with Crippen LogP contribution in [0.4, 0.5) is 5.82 Å². The summed E-state index contributed by atoms with van der Waals surface area (Å²) in [5, 5.41) is 0. The Kier molecular flexibility index (Phi) is 4.29. The first-order valence-corrected chi connectivity index (χ1v) is 8.16. The summed E-state index contributed by atoms with van der Waals surface area (Å²) < 4.78 is 0. The number of aryl methyl sites for hydroxylation is 2. The standard InChI is InChI=1S/C16H25N5O/c1-11-10-15(19-12(2)18-11)20-6-8-21(9-7-20)16(22)13-4-3-5-14(13)17/h10,13-14H,3-9,17H2,1-2H3/t13-,14+/m1/s1. The molecule has 1 aliphatic heterocycles. The smallest absolute Gasteiger partial charge is 0.227 e. The molecule has 2 N–H and O–H groups in total. The molecule has 1 aromatic rings. The van der Waals surface area contributed by atoms with Crippen molar-refractivity contribution in [2.45, 2.75) is 39.2 Å². The van der Waals surface area contributed by atoms with Gasteiger partial charge < -0.3 is 15.5 Å². The van der Waals surface area contributed by atoms with Crippen molar-refractivity contribution in [1.82, 2.24) is 14.9 Å². The lowest BCUT2D eigenvalue weighted by Gasteiger charge is -2.37. The van der Waals surface area contributed by atoms with Crippen LogP contribution in [0.5, 0.6) is 0 Å². The topological polar surface area (TPSA) is 75.3 Å². The highest BCUT2D eigenvalue weighted by atomic mass is 16.2. The average Bonchev–Trinajstić information content (AvgIpc) is 2.92. The van der Waals surface area contributed by atoms with E-state index in [1.165, 1.54) is 0 Å². The Morgan fingerprint density at radius 3 is 2.50 bits per heavy atom. The zero-order valence-corrected chi connectivity index (χ0v) is 13.5. The molecule has 2 atom stereocenters. The molecule has 6 nitrogen and oxygen atoms in total. The van der Waals surface area contributed by atoms with E-state index in [0.717, 1.165) is 62.8 Å². The van der Waals surface area contributed by atoms with Gasteiger partial charge in [-0.2, -0.15) is 0 Å². The average molecular weight is 303 g/mol. The van der Waals surface area contributed by atoms with Gasteiger partial charge in [-0.05, 0) is 26.7 Å². The highest BCUT2D eigenvalue weighted by Crippen LogP contribution is 2.26. The molecule has 1 aliphatic carbocycles. The molecule has 3 rings (SSSR count). The van der Waals surface area contributed by atoms with E-state index < -0.39 is 0 Å². The first-order chi connectivity index (χ1) is 10.5. The van der Waals surface area contributed by atoms with Crippen LogP contribution in [0.3, 0.4) is 0 Å². The summed E-state index contributed by atoms with van der Waals surface area (Å²) in [6.07, 6.45) is 3.01. The number of carbonyl (C=O) groups excluding carboxylic acids is 1. The highest BCUT2D eigenvalue weighted by Gasteiger charge is 2.34. The van der Waals surface area contributed by atoms with Crippen LogP contribution in [0.1, 0.15) is 30.8 Å². The molecule has 1 amide bonds. The summed E-state index contributed by atoms with van der Waals surface area (Å²) >= 11 is 0. The minimum Gasteiger partial charge on any atom is -0.353 e. The molecule has 120 valence electrons. The van der Waals surface area contributed by atoms with Crippen LogP contribution >= 0.6 is 0 Å². The van der Waals surface area contributed by atoms with Crippen molar-refractivity contribution in [2.24, 2.45) is 11.7 Å². The van der Waals surface area contributed by atoms with Gasteiger partial charge in [-0.3, -0.25) is 4.79 Å². The Bertz CT molecular complexity index is 533. The van der Waals surface area contributed by atoms with Crippen molar-refractivity contribution in [1.29, 1.82) is 0 Å². The summed E-state index contributed by atoms with van der Waals surface area (Å²) in [5.74, 6) is 2.05. The molecule has 0 aromatic carbocycles. The van der Waals surface area contributed by atoms with Gasteiger partial charge in [0.25, 0.3) is 0 Å². The number of anilines is 1. The number of amides is 1. The predicted octanol–water partition coefficient (Wildman–Crippen LogP) is 0.869. The van der Waals surface area contributed by atoms with Gasteiger partial charge in [-0.15, -0.1) is 0 Å². The first kappa shape index (κ1) is 15.2. The van der Waals surface area contributed by atoms with Crippen molar-refractivity contribution in [3.8, 4) is 0 Å². The molecule has 0 unspecified atom stereocenters. The maximum atomic E-state index is 12.6. The molecule has 22 heavy (non-hydrogen) atoms. The molecule has 0 radical (unpaired) electrons. The van der Waals surface area contributed by atoms with Crippen LogP contribution in [0.2, 0.25) is 0 Å². The third-order valence-corrected chi connectivity index (χ3v) is 4.75. The second-order valence-electron chi connectivity index (χ2n) is 6.43. The van der Waals surface area contributed by atoms with Gasteiger partial charge in [-0.1, -0.05) is 6.42 Å². The normalized spacial score (nSPS) is 25.6. The number of carbonyl (C=O) groups is 1. The zero-order chi connectivity index (χ0) is 15.7. The van der Waals surface area contributed by atoms with Gasteiger partial charge in [0.05, 0.1) is 5.92 Å². The van der Waals surface area contributed by atoms with E-state index in [1.807, 2.05) is 24.8 Å². The Labute approximate surface area is 131 Å². The minimum atomic E-state index is 0.0371. The fourth-order valence-electron chi connectivity index (χ4n) is 3.55. The molecule has 2 fully saturated rings. The van der Waals surface area contributed by atoms with Crippen molar-refractivity contribution in [3.05, 3.63) is 17.6 Å². The first-order valence-electron chi connectivity index (χ1n) is 8.16. The number of hydrogen-bond donors (Lipinski definition) is 1. The van der Waals surface area contributed by atoms with Crippen LogP contribution in [-0.2, 0) is 4.79 Å². The van der Waals surface area contributed by atoms with Crippen LogP contribution in [0, 0.1) is 19.8 Å². The van der Waals surface area contributed by atoms with Gasteiger partial charge in [0.1, 0.15) is 11.6 Å². The Morgan fingerprint density at radius 2 is 1.91 bits per heavy atom. The molecule has 0 spiro atoms. The number of aromatic nitrogens is 2. The van der Waals surface area contributed by atoms with Crippen LogP contribution in [-0.4, -0.2) is 53.0 Å². The summed E-state index contributed by atoms with van der Waals surface area (Å²) in [6, 6.07) is 2.06. The maximum absolute atomic E-state index is 12.6.